The lowest BCUT2D eigenvalue weighted by Gasteiger charge is -2.19. The third-order valence-electron chi connectivity index (χ3n) is 3.03. The Bertz CT molecular complexity index is 274. The Hall–Kier alpha value is -1.10. The van der Waals surface area contributed by atoms with Crippen molar-refractivity contribution in [1.82, 2.24) is 4.90 Å². The van der Waals surface area contributed by atoms with Crippen molar-refractivity contribution in [3.05, 3.63) is 0 Å². The van der Waals surface area contributed by atoms with Gasteiger partial charge in [-0.2, -0.15) is 0 Å². The number of hydrogen-bond acceptors (Lipinski definition) is 3. The number of nitrogens with zero attached hydrogens (tertiary/aromatic N) is 1. The molecule has 5 heteroatoms. The van der Waals surface area contributed by atoms with E-state index in [1.807, 2.05) is 4.90 Å². The number of hydrogen-bond donors (Lipinski definition) is 1. The summed E-state index contributed by atoms with van der Waals surface area (Å²) in [5.41, 5.74) is 5.12. The van der Waals surface area contributed by atoms with Crippen LogP contribution in [-0.4, -0.2) is 42.0 Å². The Balaban J connectivity index is 1.89. The lowest BCUT2D eigenvalue weighted by atomic mass is 10.2. The zero-order valence-corrected chi connectivity index (χ0v) is 8.65. The van der Waals surface area contributed by atoms with E-state index >= 15 is 0 Å². The molecular weight excluding hydrogens is 196 g/mol. The van der Waals surface area contributed by atoms with Gasteiger partial charge in [0.05, 0.1) is 0 Å². The summed E-state index contributed by atoms with van der Waals surface area (Å²) in [6.07, 6.45) is 2.31. The largest absolute Gasteiger partial charge is 0.367 e. The fourth-order valence-electron chi connectivity index (χ4n) is 2.17. The Morgan fingerprint density at radius 2 is 1.73 bits per heavy atom. The molecule has 2 heterocycles. The molecule has 0 bridgehead atoms. The first-order valence-electron chi connectivity index (χ1n) is 5.42. The second-order valence-corrected chi connectivity index (χ2v) is 4.13. The van der Waals surface area contributed by atoms with Gasteiger partial charge in [-0.05, 0) is 25.7 Å². The van der Waals surface area contributed by atoms with Gasteiger partial charge in [0.2, 0.25) is 5.91 Å². The topological polar surface area (TPSA) is 72.6 Å². The number of nitrogens with two attached hydrogens (primary N) is 1. The Morgan fingerprint density at radius 1 is 1.13 bits per heavy atom. The number of carbonyl (C=O) groups is 2. The van der Waals surface area contributed by atoms with Gasteiger partial charge in [-0.15, -0.1) is 0 Å². The third kappa shape index (κ3) is 2.12. The average molecular weight is 212 g/mol. The van der Waals surface area contributed by atoms with Crippen LogP contribution in [0.5, 0.6) is 0 Å². The van der Waals surface area contributed by atoms with Crippen LogP contribution in [-0.2, 0) is 14.3 Å². The second kappa shape index (κ2) is 4.18. The van der Waals surface area contributed by atoms with Crippen LogP contribution in [0.4, 0.5) is 0 Å². The van der Waals surface area contributed by atoms with Gasteiger partial charge in [0, 0.05) is 13.1 Å². The van der Waals surface area contributed by atoms with Crippen molar-refractivity contribution >= 4 is 11.8 Å². The Kier molecular flexibility index (Phi) is 2.90. The molecule has 2 aliphatic heterocycles. The molecule has 2 atom stereocenters. The lowest BCUT2D eigenvalue weighted by molar-refractivity contribution is -0.144. The van der Waals surface area contributed by atoms with Gasteiger partial charge < -0.3 is 15.4 Å². The highest BCUT2D eigenvalue weighted by Crippen LogP contribution is 2.22. The summed E-state index contributed by atoms with van der Waals surface area (Å²) in [4.78, 5) is 24.5. The molecule has 2 rings (SSSR count). The summed E-state index contributed by atoms with van der Waals surface area (Å²) in [7, 11) is 0. The Morgan fingerprint density at radius 3 is 2.27 bits per heavy atom. The minimum atomic E-state index is -0.568. The van der Waals surface area contributed by atoms with E-state index in [1.54, 1.807) is 0 Å². The minimum absolute atomic E-state index is 0.0243. The van der Waals surface area contributed by atoms with Crippen LogP contribution in [0.25, 0.3) is 0 Å². The van der Waals surface area contributed by atoms with Crippen molar-refractivity contribution in [2.45, 2.75) is 37.9 Å². The van der Waals surface area contributed by atoms with Crippen LogP contribution in [0.2, 0.25) is 0 Å². The first kappa shape index (κ1) is 10.4. The average Bonchev–Trinajstić information content (AvgIpc) is 2.88. The molecule has 15 heavy (non-hydrogen) atoms. The monoisotopic (exact) mass is 212 g/mol. The first-order chi connectivity index (χ1) is 7.18. The molecule has 0 saturated carbocycles. The standard InChI is InChI=1S/C10H16N2O3/c11-9(13)7-3-4-8(15-7)10(14)12-5-1-2-6-12/h7-8H,1-6H2,(H2,11,13)/t7-,8+/m0/s1. The highest BCUT2D eigenvalue weighted by molar-refractivity contribution is 5.84. The van der Waals surface area contributed by atoms with Gasteiger partial charge in [-0.1, -0.05) is 0 Å². The molecule has 0 spiro atoms. The van der Waals surface area contributed by atoms with Gasteiger partial charge >= 0.3 is 0 Å². The molecule has 2 amide bonds. The molecule has 84 valence electrons. The predicted octanol–water partition coefficient (Wildman–Crippen LogP) is -0.358. The second-order valence-electron chi connectivity index (χ2n) is 4.13. The molecule has 0 radical (unpaired) electrons. The van der Waals surface area contributed by atoms with E-state index in [0.717, 1.165) is 25.9 Å². The first-order valence-corrected chi connectivity index (χ1v) is 5.42. The third-order valence-corrected chi connectivity index (χ3v) is 3.03. The summed E-state index contributed by atoms with van der Waals surface area (Å²) >= 11 is 0. The molecule has 0 aliphatic carbocycles. The SMILES string of the molecule is NC(=O)[C@@H]1CC[C@H](C(=O)N2CCCC2)O1. The molecule has 2 aliphatic rings. The molecule has 0 unspecified atom stereocenters. The zero-order chi connectivity index (χ0) is 10.8. The van der Waals surface area contributed by atoms with Gasteiger partial charge in [-0.25, -0.2) is 0 Å². The maximum Gasteiger partial charge on any atom is 0.251 e. The van der Waals surface area contributed by atoms with E-state index in [-0.39, 0.29) is 5.91 Å². The van der Waals surface area contributed by atoms with Crippen LogP contribution in [0, 0.1) is 0 Å². The van der Waals surface area contributed by atoms with Crippen molar-refractivity contribution in [2.24, 2.45) is 5.73 Å². The van der Waals surface area contributed by atoms with Gasteiger partial charge in [0.15, 0.2) is 0 Å². The summed E-state index contributed by atoms with van der Waals surface area (Å²) in [6.45, 7) is 1.64. The van der Waals surface area contributed by atoms with Crippen LogP contribution in [0.3, 0.4) is 0 Å². The summed E-state index contributed by atoms with van der Waals surface area (Å²) in [5.74, 6) is -0.442. The van der Waals surface area contributed by atoms with Crippen LogP contribution in [0.15, 0.2) is 0 Å². The van der Waals surface area contributed by atoms with E-state index in [4.69, 9.17) is 10.5 Å². The number of primary amides is 1. The molecular formula is C10H16N2O3. The summed E-state index contributed by atoms with van der Waals surface area (Å²) in [5, 5.41) is 0. The molecule has 0 aromatic rings. The number of likely N-dealkylation sites (tertiary alicyclic amines) is 1. The molecule has 5 nitrogen and oxygen atoms in total. The van der Waals surface area contributed by atoms with E-state index in [1.165, 1.54) is 0 Å². The van der Waals surface area contributed by atoms with E-state index in [9.17, 15) is 9.59 Å². The van der Waals surface area contributed by atoms with Crippen LogP contribution < -0.4 is 5.73 Å². The fraction of sp³-hybridized carbons (Fsp3) is 0.800. The van der Waals surface area contributed by atoms with Crippen LogP contribution >= 0.6 is 0 Å². The molecule has 2 saturated heterocycles. The highest BCUT2D eigenvalue weighted by atomic mass is 16.5. The molecule has 2 N–H and O–H groups in total. The number of rotatable bonds is 2. The van der Waals surface area contributed by atoms with Crippen molar-refractivity contribution in [2.75, 3.05) is 13.1 Å². The zero-order valence-electron chi connectivity index (χ0n) is 8.65. The van der Waals surface area contributed by atoms with E-state index in [2.05, 4.69) is 0 Å². The van der Waals surface area contributed by atoms with Gasteiger partial charge in [-0.3, -0.25) is 9.59 Å². The quantitative estimate of drug-likeness (QED) is 0.679. The maximum atomic E-state index is 11.9. The van der Waals surface area contributed by atoms with Crippen molar-refractivity contribution in [1.29, 1.82) is 0 Å². The van der Waals surface area contributed by atoms with Crippen molar-refractivity contribution in [3.63, 3.8) is 0 Å². The normalized spacial score (nSPS) is 30.8. The minimum Gasteiger partial charge on any atom is -0.367 e. The summed E-state index contributed by atoms with van der Waals surface area (Å²) in [6, 6.07) is 0. The summed E-state index contributed by atoms with van der Waals surface area (Å²) < 4.78 is 5.33. The Labute approximate surface area is 88.5 Å². The molecule has 2 fully saturated rings. The molecule has 0 aromatic carbocycles. The smallest absolute Gasteiger partial charge is 0.251 e. The van der Waals surface area contributed by atoms with Gasteiger partial charge in [0.25, 0.3) is 5.91 Å². The predicted molar refractivity (Wildman–Crippen MR) is 52.9 cm³/mol. The lowest BCUT2D eigenvalue weighted by Crippen LogP contribution is -2.38. The van der Waals surface area contributed by atoms with E-state index in [0.29, 0.717) is 12.8 Å². The number of ether oxygens (including phenoxy) is 1. The number of carbonyl (C=O) groups excluding carboxylic acids is 2. The van der Waals surface area contributed by atoms with Crippen LogP contribution in [0.1, 0.15) is 25.7 Å². The highest BCUT2D eigenvalue weighted by Gasteiger charge is 2.36. The van der Waals surface area contributed by atoms with E-state index < -0.39 is 18.1 Å². The van der Waals surface area contributed by atoms with Crippen molar-refractivity contribution < 1.29 is 14.3 Å². The van der Waals surface area contributed by atoms with Gasteiger partial charge in [0.1, 0.15) is 12.2 Å². The van der Waals surface area contributed by atoms with Crippen molar-refractivity contribution in [3.8, 4) is 0 Å². The number of amides is 2. The fourth-order valence-corrected chi connectivity index (χ4v) is 2.17. The molecule has 0 aromatic heterocycles. The maximum absolute atomic E-state index is 11.9.